The highest BCUT2D eigenvalue weighted by Gasteiger charge is 2.18. The van der Waals surface area contributed by atoms with E-state index in [0.29, 0.717) is 0 Å². The van der Waals surface area contributed by atoms with Crippen molar-refractivity contribution in [3.8, 4) is 0 Å². The van der Waals surface area contributed by atoms with Gasteiger partial charge in [0.25, 0.3) is 0 Å². The lowest BCUT2D eigenvalue weighted by Crippen LogP contribution is -2.22. The van der Waals surface area contributed by atoms with Crippen LogP contribution in [0.4, 0.5) is 0 Å². The summed E-state index contributed by atoms with van der Waals surface area (Å²) in [5, 5.41) is 0. The van der Waals surface area contributed by atoms with E-state index in [1.807, 2.05) is 13.8 Å². The fourth-order valence-electron chi connectivity index (χ4n) is 1.88. The first-order chi connectivity index (χ1) is 6.86. The molecule has 0 saturated carbocycles. The van der Waals surface area contributed by atoms with Crippen LogP contribution in [0.25, 0.3) is 0 Å². The highest BCUT2D eigenvalue weighted by Crippen LogP contribution is 2.42. The van der Waals surface area contributed by atoms with Crippen LogP contribution in [0.15, 0.2) is 0 Å². The molecule has 0 aromatic carbocycles. The quantitative estimate of drug-likeness (QED) is 0.504. The molecule has 0 N–H and O–H groups in total. The van der Waals surface area contributed by atoms with Crippen molar-refractivity contribution in [1.82, 2.24) is 0 Å². The molecule has 1 fully saturated rings. The third-order valence-electron chi connectivity index (χ3n) is 2.56. The predicted molar refractivity (Wildman–Crippen MR) is 62.4 cm³/mol. The van der Waals surface area contributed by atoms with Gasteiger partial charge in [-0.3, -0.25) is 0 Å². The predicted octanol–water partition coefficient (Wildman–Crippen LogP) is 3.05. The van der Waals surface area contributed by atoms with Crippen LogP contribution in [0.5, 0.6) is 0 Å². The lowest BCUT2D eigenvalue weighted by Gasteiger charge is -2.26. The van der Waals surface area contributed by atoms with E-state index in [1.165, 1.54) is 31.6 Å². The van der Waals surface area contributed by atoms with E-state index in [9.17, 15) is 0 Å². The van der Waals surface area contributed by atoms with E-state index in [1.54, 1.807) is 0 Å². The second kappa shape index (κ2) is 7.62. The van der Waals surface area contributed by atoms with Crippen molar-refractivity contribution in [2.45, 2.75) is 39.4 Å². The zero-order valence-corrected chi connectivity index (χ0v) is 10.4. The monoisotopic (exact) mass is 218 g/mol. The molecular formula is C11H23O2P. The van der Waals surface area contributed by atoms with Crippen LogP contribution in [-0.2, 0) is 9.47 Å². The molecule has 0 bridgehead atoms. The van der Waals surface area contributed by atoms with E-state index >= 15 is 0 Å². The maximum atomic E-state index is 5.58. The maximum absolute atomic E-state index is 5.58. The highest BCUT2D eigenvalue weighted by molar-refractivity contribution is 7.57. The molecule has 1 aliphatic rings. The summed E-state index contributed by atoms with van der Waals surface area (Å²) in [4.78, 5) is 0. The van der Waals surface area contributed by atoms with Crippen molar-refractivity contribution in [2.24, 2.45) is 0 Å². The Balaban J connectivity index is 2.21. The van der Waals surface area contributed by atoms with E-state index in [-0.39, 0.29) is 14.2 Å². The molecule has 0 amide bonds. The van der Waals surface area contributed by atoms with Gasteiger partial charge in [0.05, 0.1) is 0 Å². The largest absolute Gasteiger partial charge is 0.353 e. The Kier molecular flexibility index (Phi) is 6.76. The van der Waals surface area contributed by atoms with Gasteiger partial charge in [0.2, 0.25) is 0 Å². The molecule has 0 spiro atoms. The summed E-state index contributed by atoms with van der Waals surface area (Å²) in [6, 6.07) is 0. The fourth-order valence-corrected chi connectivity index (χ4v) is 4.44. The Morgan fingerprint density at radius 3 is 2.07 bits per heavy atom. The average molecular weight is 218 g/mol. The van der Waals surface area contributed by atoms with E-state index < -0.39 is 0 Å². The first kappa shape index (κ1) is 12.4. The van der Waals surface area contributed by atoms with Gasteiger partial charge in [-0.05, 0) is 39.0 Å². The summed E-state index contributed by atoms with van der Waals surface area (Å²) < 4.78 is 11.2. The van der Waals surface area contributed by atoms with Crippen molar-refractivity contribution in [1.29, 1.82) is 0 Å². The molecule has 14 heavy (non-hydrogen) atoms. The zero-order valence-electron chi connectivity index (χ0n) is 9.50. The number of hydrogen-bond donors (Lipinski definition) is 0. The lowest BCUT2D eigenvalue weighted by atomic mass is 10.3. The number of hydrogen-bond acceptors (Lipinski definition) is 2. The van der Waals surface area contributed by atoms with Gasteiger partial charge in [-0.1, -0.05) is 6.42 Å². The molecule has 0 aromatic rings. The topological polar surface area (TPSA) is 18.5 Å². The Morgan fingerprint density at radius 1 is 1.00 bits per heavy atom. The molecule has 0 aromatic heterocycles. The van der Waals surface area contributed by atoms with E-state index in [4.69, 9.17) is 9.47 Å². The van der Waals surface area contributed by atoms with Gasteiger partial charge >= 0.3 is 0 Å². The third-order valence-corrected chi connectivity index (χ3v) is 5.27. The summed E-state index contributed by atoms with van der Waals surface area (Å²) >= 11 is 0. The van der Waals surface area contributed by atoms with Crippen molar-refractivity contribution >= 4 is 7.92 Å². The van der Waals surface area contributed by atoms with Crippen LogP contribution in [0, 0.1) is 0 Å². The SMILES string of the molecule is CCOC(CP1CCCCC1)OCC. The minimum absolute atomic E-state index is 0.0780. The van der Waals surface area contributed by atoms with Crippen LogP contribution in [0.3, 0.4) is 0 Å². The number of rotatable bonds is 6. The molecule has 0 radical (unpaired) electrons. The second-order valence-corrected chi connectivity index (χ2v) is 6.30. The van der Waals surface area contributed by atoms with Gasteiger partial charge in [-0.15, -0.1) is 7.92 Å². The molecule has 1 rings (SSSR count). The van der Waals surface area contributed by atoms with Crippen molar-refractivity contribution < 1.29 is 9.47 Å². The first-order valence-electron chi connectivity index (χ1n) is 5.82. The Morgan fingerprint density at radius 2 is 1.57 bits per heavy atom. The Labute approximate surface area is 89.1 Å². The normalized spacial score (nSPS) is 19.1. The Hall–Kier alpha value is 0.350. The zero-order chi connectivity index (χ0) is 10.2. The van der Waals surface area contributed by atoms with E-state index in [0.717, 1.165) is 19.4 Å². The highest BCUT2D eigenvalue weighted by atomic mass is 31.1. The molecular weight excluding hydrogens is 195 g/mol. The molecule has 0 unspecified atom stereocenters. The maximum Gasteiger partial charge on any atom is 0.161 e. The van der Waals surface area contributed by atoms with Gasteiger partial charge in [-0.25, -0.2) is 0 Å². The van der Waals surface area contributed by atoms with Crippen molar-refractivity contribution in [2.75, 3.05) is 31.7 Å². The average Bonchev–Trinajstić information content (AvgIpc) is 2.20. The first-order valence-corrected chi connectivity index (χ1v) is 7.72. The molecule has 0 atom stereocenters. The van der Waals surface area contributed by atoms with Gasteiger partial charge < -0.3 is 9.47 Å². The molecule has 84 valence electrons. The van der Waals surface area contributed by atoms with Gasteiger partial charge in [0.1, 0.15) is 0 Å². The molecule has 0 aliphatic carbocycles. The number of ether oxygens (including phenoxy) is 2. The minimum atomic E-state index is 0.0780. The van der Waals surface area contributed by atoms with Crippen molar-refractivity contribution in [3.63, 3.8) is 0 Å². The fraction of sp³-hybridized carbons (Fsp3) is 1.00. The molecule has 1 heterocycles. The second-order valence-electron chi connectivity index (χ2n) is 3.70. The molecule has 1 saturated heterocycles. The van der Waals surface area contributed by atoms with Crippen LogP contribution < -0.4 is 0 Å². The summed E-state index contributed by atoms with van der Waals surface area (Å²) in [5.74, 6) is 0. The standard InChI is InChI=1S/C11H23O2P/c1-3-12-11(13-4-2)10-14-8-6-5-7-9-14/h11H,3-10H2,1-2H3. The summed E-state index contributed by atoms with van der Waals surface area (Å²) in [5.41, 5.74) is 0. The summed E-state index contributed by atoms with van der Waals surface area (Å²) in [6.07, 6.45) is 8.41. The lowest BCUT2D eigenvalue weighted by molar-refractivity contribution is -0.120. The summed E-state index contributed by atoms with van der Waals surface area (Å²) in [6.45, 7) is 5.63. The third kappa shape index (κ3) is 4.72. The molecule has 1 aliphatic heterocycles. The minimum Gasteiger partial charge on any atom is -0.353 e. The van der Waals surface area contributed by atoms with E-state index in [2.05, 4.69) is 0 Å². The smallest absolute Gasteiger partial charge is 0.161 e. The molecule has 2 nitrogen and oxygen atoms in total. The summed E-state index contributed by atoms with van der Waals surface area (Å²) in [7, 11) is 0.216. The van der Waals surface area contributed by atoms with Crippen LogP contribution in [0.1, 0.15) is 33.1 Å². The Bertz CT molecular complexity index is 129. The van der Waals surface area contributed by atoms with Crippen molar-refractivity contribution in [3.05, 3.63) is 0 Å². The molecule has 3 heteroatoms. The van der Waals surface area contributed by atoms with Gasteiger partial charge in [-0.2, -0.15) is 0 Å². The van der Waals surface area contributed by atoms with Gasteiger partial charge in [0, 0.05) is 19.4 Å². The van der Waals surface area contributed by atoms with Crippen LogP contribution >= 0.6 is 7.92 Å². The van der Waals surface area contributed by atoms with Crippen LogP contribution in [0.2, 0.25) is 0 Å². The van der Waals surface area contributed by atoms with Gasteiger partial charge in [0.15, 0.2) is 6.29 Å². The van der Waals surface area contributed by atoms with Crippen LogP contribution in [-0.4, -0.2) is 38.0 Å².